The Bertz CT molecular complexity index is 603. The first kappa shape index (κ1) is 12.7. The first-order valence-electron chi connectivity index (χ1n) is 7.24. The van der Waals surface area contributed by atoms with E-state index in [4.69, 9.17) is 9.26 Å². The molecule has 2 aromatic rings. The maximum atomic E-state index is 6.13. The molecule has 110 valence electrons. The molecule has 2 aromatic heterocycles. The van der Waals surface area contributed by atoms with Crippen LogP contribution in [-0.4, -0.2) is 45.4 Å². The Balaban J connectivity index is 1.37. The van der Waals surface area contributed by atoms with Gasteiger partial charge in [0.25, 0.3) is 0 Å². The lowest BCUT2D eigenvalue weighted by Gasteiger charge is -2.18. The van der Waals surface area contributed by atoms with E-state index in [-0.39, 0.29) is 12.2 Å². The van der Waals surface area contributed by atoms with E-state index in [9.17, 15) is 0 Å². The summed E-state index contributed by atoms with van der Waals surface area (Å²) in [5.74, 6) is 2.67. The topological polar surface area (TPSA) is 77.2 Å². The van der Waals surface area contributed by atoms with Gasteiger partial charge in [0.2, 0.25) is 11.8 Å². The Hall–Kier alpha value is -2.02. The SMILES string of the molecule is Cc1noc(C[C@H]2C[C@H]3CN(c4ncccn4)C[C@H]3O2)n1. The Morgan fingerprint density at radius 2 is 2.14 bits per heavy atom. The van der Waals surface area contributed by atoms with Crippen molar-refractivity contribution >= 4 is 5.95 Å². The van der Waals surface area contributed by atoms with Crippen LogP contribution in [0.25, 0.3) is 0 Å². The predicted octanol–water partition coefficient (Wildman–Crippen LogP) is 1.00. The number of ether oxygens (including phenoxy) is 1. The zero-order chi connectivity index (χ0) is 14.2. The van der Waals surface area contributed by atoms with E-state index in [2.05, 4.69) is 25.0 Å². The van der Waals surface area contributed by atoms with E-state index < -0.39 is 0 Å². The maximum Gasteiger partial charge on any atom is 0.229 e. The zero-order valence-electron chi connectivity index (χ0n) is 11.8. The lowest BCUT2D eigenvalue weighted by atomic mass is 10.0. The number of hydrogen-bond donors (Lipinski definition) is 0. The van der Waals surface area contributed by atoms with Gasteiger partial charge in [0.1, 0.15) is 0 Å². The molecule has 2 saturated heterocycles. The largest absolute Gasteiger partial charge is 0.372 e. The molecule has 0 spiro atoms. The number of fused-ring (bicyclic) bond motifs is 1. The standard InChI is InChI=1S/C14H17N5O2/c1-9-17-13(21-18-9)6-11-5-10-7-19(8-12(10)20-11)14-15-3-2-4-16-14/h2-4,10-12H,5-8H2,1H3/t10-,11+,12+/m0/s1. The highest BCUT2D eigenvalue weighted by atomic mass is 16.5. The quantitative estimate of drug-likeness (QED) is 0.833. The summed E-state index contributed by atoms with van der Waals surface area (Å²) >= 11 is 0. The van der Waals surface area contributed by atoms with Gasteiger partial charge in [-0.1, -0.05) is 5.16 Å². The highest BCUT2D eigenvalue weighted by Gasteiger charge is 2.43. The molecule has 2 aliphatic heterocycles. The van der Waals surface area contributed by atoms with Gasteiger partial charge in [-0.3, -0.25) is 0 Å². The summed E-state index contributed by atoms with van der Waals surface area (Å²) in [6.07, 6.45) is 5.71. The van der Waals surface area contributed by atoms with E-state index >= 15 is 0 Å². The Morgan fingerprint density at radius 3 is 2.86 bits per heavy atom. The van der Waals surface area contributed by atoms with E-state index in [1.54, 1.807) is 12.4 Å². The third-order valence-electron chi connectivity index (χ3n) is 4.12. The minimum absolute atomic E-state index is 0.179. The fraction of sp³-hybridized carbons (Fsp3) is 0.571. The van der Waals surface area contributed by atoms with E-state index in [1.807, 2.05) is 13.0 Å². The van der Waals surface area contributed by atoms with Gasteiger partial charge in [-0.15, -0.1) is 0 Å². The van der Waals surface area contributed by atoms with Crippen LogP contribution < -0.4 is 4.90 Å². The molecular weight excluding hydrogens is 270 g/mol. The molecule has 4 heterocycles. The first-order valence-corrected chi connectivity index (χ1v) is 7.24. The molecule has 0 N–H and O–H groups in total. The van der Waals surface area contributed by atoms with Gasteiger partial charge in [-0.2, -0.15) is 4.98 Å². The lowest BCUT2D eigenvalue weighted by molar-refractivity contribution is 0.0456. The van der Waals surface area contributed by atoms with Crippen molar-refractivity contribution in [2.24, 2.45) is 5.92 Å². The second-order valence-electron chi connectivity index (χ2n) is 5.69. The van der Waals surface area contributed by atoms with Crippen LogP contribution in [0.1, 0.15) is 18.1 Å². The molecule has 0 unspecified atom stereocenters. The molecule has 7 heteroatoms. The number of nitrogens with zero attached hydrogens (tertiary/aromatic N) is 5. The van der Waals surface area contributed by atoms with E-state index in [1.165, 1.54) is 0 Å². The summed E-state index contributed by atoms with van der Waals surface area (Å²) in [4.78, 5) is 15.0. The molecule has 0 aliphatic carbocycles. The Labute approximate surface area is 122 Å². The molecule has 0 bridgehead atoms. The van der Waals surface area contributed by atoms with Crippen molar-refractivity contribution in [3.05, 3.63) is 30.2 Å². The summed E-state index contributed by atoms with van der Waals surface area (Å²) in [5, 5.41) is 3.82. The number of aryl methyl sites for hydroxylation is 1. The van der Waals surface area contributed by atoms with Gasteiger partial charge in [-0.05, 0) is 19.4 Å². The average molecular weight is 287 g/mol. The van der Waals surface area contributed by atoms with E-state index in [0.717, 1.165) is 25.5 Å². The van der Waals surface area contributed by atoms with Gasteiger partial charge in [0.05, 0.1) is 18.6 Å². The average Bonchev–Trinajstić information content (AvgIpc) is 3.15. The van der Waals surface area contributed by atoms with Crippen molar-refractivity contribution in [3.63, 3.8) is 0 Å². The maximum absolute atomic E-state index is 6.13. The Kier molecular flexibility index (Phi) is 3.07. The van der Waals surface area contributed by atoms with Crippen molar-refractivity contribution in [2.45, 2.75) is 32.0 Å². The van der Waals surface area contributed by atoms with Crippen LogP contribution in [0.2, 0.25) is 0 Å². The van der Waals surface area contributed by atoms with Gasteiger partial charge in [-0.25, -0.2) is 9.97 Å². The smallest absolute Gasteiger partial charge is 0.229 e. The first-order chi connectivity index (χ1) is 10.3. The van der Waals surface area contributed by atoms with Crippen molar-refractivity contribution in [1.82, 2.24) is 20.1 Å². The van der Waals surface area contributed by atoms with Crippen molar-refractivity contribution < 1.29 is 9.26 Å². The van der Waals surface area contributed by atoms with Gasteiger partial charge >= 0.3 is 0 Å². The minimum atomic E-state index is 0.179. The molecule has 0 aromatic carbocycles. The van der Waals surface area contributed by atoms with Crippen LogP contribution in [0.5, 0.6) is 0 Å². The summed E-state index contributed by atoms with van der Waals surface area (Å²) in [5.41, 5.74) is 0. The lowest BCUT2D eigenvalue weighted by Crippen LogP contribution is -2.26. The van der Waals surface area contributed by atoms with Gasteiger partial charge in [0.15, 0.2) is 5.82 Å². The fourth-order valence-corrected chi connectivity index (χ4v) is 3.23. The van der Waals surface area contributed by atoms with Crippen molar-refractivity contribution in [3.8, 4) is 0 Å². The summed E-state index contributed by atoms with van der Waals surface area (Å²) in [7, 11) is 0. The molecule has 2 fully saturated rings. The number of rotatable bonds is 3. The van der Waals surface area contributed by atoms with Crippen LogP contribution >= 0.6 is 0 Å². The van der Waals surface area contributed by atoms with Crippen LogP contribution in [0.3, 0.4) is 0 Å². The summed E-state index contributed by atoms with van der Waals surface area (Å²) in [6, 6.07) is 1.83. The third-order valence-corrected chi connectivity index (χ3v) is 4.12. The Morgan fingerprint density at radius 1 is 1.29 bits per heavy atom. The minimum Gasteiger partial charge on any atom is -0.372 e. The van der Waals surface area contributed by atoms with Crippen molar-refractivity contribution in [1.29, 1.82) is 0 Å². The van der Waals surface area contributed by atoms with Crippen LogP contribution in [0.4, 0.5) is 5.95 Å². The van der Waals surface area contributed by atoms with Crippen LogP contribution in [0.15, 0.2) is 23.0 Å². The third kappa shape index (κ3) is 2.49. The normalized spacial score (nSPS) is 28.0. The monoisotopic (exact) mass is 287 g/mol. The van der Waals surface area contributed by atoms with Gasteiger partial charge < -0.3 is 14.2 Å². The van der Waals surface area contributed by atoms with Crippen LogP contribution in [-0.2, 0) is 11.2 Å². The zero-order valence-corrected chi connectivity index (χ0v) is 11.8. The number of aromatic nitrogens is 4. The van der Waals surface area contributed by atoms with E-state index in [0.29, 0.717) is 24.1 Å². The molecular formula is C14H17N5O2. The fourth-order valence-electron chi connectivity index (χ4n) is 3.23. The number of hydrogen-bond acceptors (Lipinski definition) is 7. The molecule has 2 aliphatic rings. The summed E-state index contributed by atoms with van der Waals surface area (Å²) in [6.45, 7) is 3.64. The van der Waals surface area contributed by atoms with Crippen molar-refractivity contribution in [2.75, 3.05) is 18.0 Å². The molecule has 7 nitrogen and oxygen atoms in total. The second-order valence-corrected chi connectivity index (χ2v) is 5.69. The second kappa shape index (κ2) is 5.07. The van der Waals surface area contributed by atoms with Gasteiger partial charge in [0, 0.05) is 31.4 Å². The molecule has 0 saturated carbocycles. The molecule has 3 atom stereocenters. The predicted molar refractivity (Wildman–Crippen MR) is 73.8 cm³/mol. The highest BCUT2D eigenvalue weighted by molar-refractivity contribution is 5.32. The highest BCUT2D eigenvalue weighted by Crippen LogP contribution is 2.35. The molecule has 0 radical (unpaired) electrons. The molecule has 0 amide bonds. The van der Waals surface area contributed by atoms with Crippen LogP contribution in [0, 0.1) is 12.8 Å². The summed E-state index contributed by atoms with van der Waals surface area (Å²) < 4.78 is 11.3. The molecule has 4 rings (SSSR count). The number of anilines is 1. The molecule has 21 heavy (non-hydrogen) atoms.